The van der Waals surface area contributed by atoms with Crippen LogP contribution in [0.1, 0.15) is 5.56 Å². The summed E-state index contributed by atoms with van der Waals surface area (Å²) in [5, 5.41) is 6.43. The predicted octanol–water partition coefficient (Wildman–Crippen LogP) is 3.59. The fourth-order valence-electron chi connectivity index (χ4n) is 3.11. The maximum Gasteiger partial charge on any atom is 0.319 e. The number of nitrogens with one attached hydrogen (secondary N) is 2. The molecule has 2 aromatic rings. The van der Waals surface area contributed by atoms with Crippen LogP contribution in [0.2, 0.25) is 5.02 Å². The molecule has 1 heterocycles. The summed E-state index contributed by atoms with van der Waals surface area (Å²) in [6.45, 7) is 7.40. The standard InChI is InChI=1S/C20H25ClN4O/c1-16-18(21)8-5-9-19(16)23-20(26)22-10-11-24-12-14-25(15-13-24)17-6-3-2-4-7-17/h2-9H,10-15H2,1H3,(H2,22,23,26). The quantitative estimate of drug-likeness (QED) is 0.843. The zero-order valence-electron chi connectivity index (χ0n) is 15.0. The summed E-state index contributed by atoms with van der Waals surface area (Å²) >= 11 is 6.08. The smallest absolute Gasteiger partial charge is 0.319 e. The van der Waals surface area contributed by atoms with Gasteiger partial charge in [-0.15, -0.1) is 0 Å². The van der Waals surface area contributed by atoms with Gasteiger partial charge in [-0.1, -0.05) is 35.9 Å². The molecule has 0 saturated carbocycles. The van der Waals surface area contributed by atoms with E-state index in [1.54, 1.807) is 0 Å². The predicted molar refractivity (Wildman–Crippen MR) is 108 cm³/mol. The molecule has 1 saturated heterocycles. The van der Waals surface area contributed by atoms with E-state index in [1.807, 2.05) is 31.2 Å². The first-order valence-electron chi connectivity index (χ1n) is 8.96. The Morgan fingerprint density at radius 2 is 1.77 bits per heavy atom. The van der Waals surface area contributed by atoms with E-state index in [9.17, 15) is 4.79 Å². The molecule has 0 bridgehead atoms. The largest absolute Gasteiger partial charge is 0.369 e. The van der Waals surface area contributed by atoms with E-state index < -0.39 is 0 Å². The molecule has 26 heavy (non-hydrogen) atoms. The molecule has 6 heteroatoms. The van der Waals surface area contributed by atoms with Crippen molar-refractivity contribution >= 4 is 29.0 Å². The summed E-state index contributed by atoms with van der Waals surface area (Å²) in [7, 11) is 0. The third-order valence-electron chi connectivity index (χ3n) is 4.72. The van der Waals surface area contributed by atoms with Gasteiger partial charge in [0.25, 0.3) is 0 Å². The second kappa shape index (κ2) is 8.92. The van der Waals surface area contributed by atoms with E-state index in [-0.39, 0.29) is 6.03 Å². The van der Waals surface area contributed by atoms with Crippen molar-refractivity contribution in [1.29, 1.82) is 0 Å². The molecule has 138 valence electrons. The Morgan fingerprint density at radius 3 is 2.50 bits per heavy atom. The summed E-state index contributed by atoms with van der Waals surface area (Å²) in [6.07, 6.45) is 0. The summed E-state index contributed by atoms with van der Waals surface area (Å²) in [5.74, 6) is 0. The van der Waals surface area contributed by atoms with Gasteiger partial charge < -0.3 is 15.5 Å². The first-order chi connectivity index (χ1) is 12.6. The highest BCUT2D eigenvalue weighted by Crippen LogP contribution is 2.22. The summed E-state index contributed by atoms with van der Waals surface area (Å²) in [6, 6.07) is 15.8. The Balaban J connectivity index is 1.38. The van der Waals surface area contributed by atoms with Gasteiger partial charge >= 0.3 is 6.03 Å². The molecule has 3 rings (SSSR count). The van der Waals surface area contributed by atoms with Gasteiger partial charge in [0.15, 0.2) is 0 Å². The number of halogens is 1. The SMILES string of the molecule is Cc1c(Cl)cccc1NC(=O)NCCN1CCN(c2ccccc2)CC1. The second-order valence-electron chi connectivity index (χ2n) is 6.46. The lowest BCUT2D eigenvalue weighted by molar-refractivity contribution is 0.240. The number of urea groups is 1. The van der Waals surface area contributed by atoms with Crippen LogP contribution in [0.4, 0.5) is 16.2 Å². The number of carbonyl (C=O) groups is 1. The third kappa shape index (κ3) is 4.90. The van der Waals surface area contributed by atoms with Crippen molar-refractivity contribution in [2.45, 2.75) is 6.92 Å². The van der Waals surface area contributed by atoms with Crippen LogP contribution in [-0.2, 0) is 0 Å². The molecule has 0 atom stereocenters. The van der Waals surface area contributed by atoms with Crippen molar-refractivity contribution in [2.24, 2.45) is 0 Å². The number of hydrogen-bond donors (Lipinski definition) is 2. The van der Waals surface area contributed by atoms with Crippen LogP contribution in [0.15, 0.2) is 48.5 Å². The van der Waals surface area contributed by atoms with Crippen molar-refractivity contribution in [3.63, 3.8) is 0 Å². The van der Waals surface area contributed by atoms with Gasteiger partial charge in [-0.05, 0) is 36.8 Å². The highest BCUT2D eigenvalue weighted by molar-refractivity contribution is 6.31. The van der Waals surface area contributed by atoms with Crippen LogP contribution in [0, 0.1) is 6.92 Å². The first-order valence-corrected chi connectivity index (χ1v) is 9.33. The van der Waals surface area contributed by atoms with Crippen LogP contribution in [0.3, 0.4) is 0 Å². The maximum absolute atomic E-state index is 12.1. The fraction of sp³-hybridized carbons (Fsp3) is 0.350. The lowest BCUT2D eigenvalue weighted by Gasteiger charge is -2.36. The summed E-state index contributed by atoms with van der Waals surface area (Å²) in [5.41, 5.74) is 2.90. The molecule has 2 amide bonds. The highest BCUT2D eigenvalue weighted by atomic mass is 35.5. The number of piperazine rings is 1. The average Bonchev–Trinajstić information content (AvgIpc) is 2.67. The normalized spacial score (nSPS) is 14.9. The minimum atomic E-state index is -0.196. The van der Waals surface area contributed by atoms with Gasteiger partial charge in [0.1, 0.15) is 0 Å². The Morgan fingerprint density at radius 1 is 1.04 bits per heavy atom. The van der Waals surface area contributed by atoms with Gasteiger partial charge in [0.05, 0.1) is 0 Å². The molecular weight excluding hydrogens is 348 g/mol. The Kier molecular flexibility index (Phi) is 6.36. The molecule has 1 aliphatic rings. The average molecular weight is 373 g/mol. The van der Waals surface area contributed by atoms with E-state index in [0.717, 1.165) is 44.0 Å². The lowest BCUT2D eigenvalue weighted by Crippen LogP contribution is -2.48. The zero-order valence-corrected chi connectivity index (χ0v) is 15.8. The minimum absolute atomic E-state index is 0.196. The van der Waals surface area contributed by atoms with Gasteiger partial charge in [-0.3, -0.25) is 4.90 Å². The molecule has 0 radical (unpaired) electrons. The molecule has 2 N–H and O–H groups in total. The number of amides is 2. The number of anilines is 2. The van der Waals surface area contributed by atoms with Crippen molar-refractivity contribution < 1.29 is 4.79 Å². The van der Waals surface area contributed by atoms with Crippen molar-refractivity contribution in [1.82, 2.24) is 10.2 Å². The van der Waals surface area contributed by atoms with E-state index in [2.05, 4.69) is 44.7 Å². The fourth-order valence-corrected chi connectivity index (χ4v) is 3.28. The second-order valence-corrected chi connectivity index (χ2v) is 6.86. The number of nitrogens with zero attached hydrogens (tertiary/aromatic N) is 2. The number of rotatable bonds is 5. The topological polar surface area (TPSA) is 47.6 Å². The van der Waals surface area contributed by atoms with E-state index >= 15 is 0 Å². The van der Waals surface area contributed by atoms with E-state index in [1.165, 1.54) is 5.69 Å². The molecule has 2 aromatic carbocycles. The van der Waals surface area contributed by atoms with Crippen LogP contribution in [0.5, 0.6) is 0 Å². The Labute approximate surface area is 159 Å². The zero-order chi connectivity index (χ0) is 18.4. The summed E-state index contributed by atoms with van der Waals surface area (Å²) < 4.78 is 0. The van der Waals surface area contributed by atoms with Gasteiger partial charge in [0, 0.05) is 55.7 Å². The Bertz CT molecular complexity index is 730. The van der Waals surface area contributed by atoms with Gasteiger partial charge in [-0.25, -0.2) is 4.79 Å². The molecule has 1 aliphatic heterocycles. The molecular formula is C20H25ClN4O. The highest BCUT2D eigenvalue weighted by Gasteiger charge is 2.16. The van der Waals surface area contributed by atoms with E-state index in [0.29, 0.717) is 11.6 Å². The van der Waals surface area contributed by atoms with Gasteiger partial charge in [0.2, 0.25) is 0 Å². The van der Waals surface area contributed by atoms with Crippen molar-refractivity contribution in [3.8, 4) is 0 Å². The van der Waals surface area contributed by atoms with E-state index in [4.69, 9.17) is 11.6 Å². The van der Waals surface area contributed by atoms with Gasteiger partial charge in [-0.2, -0.15) is 0 Å². The molecule has 5 nitrogen and oxygen atoms in total. The molecule has 0 spiro atoms. The minimum Gasteiger partial charge on any atom is -0.369 e. The van der Waals surface area contributed by atoms with Crippen LogP contribution >= 0.6 is 11.6 Å². The lowest BCUT2D eigenvalue weighted by atomic mass is 10.2. The van der Waals surface area contributed by atoms with Crippen LogP contribution in [0.25, 0.3) is 0 Å². The number of hydrogen-bond acceptors (Lipinski definition) is 3. The number of benzene rings is 2. The molecule has 0 unspecified atom stereocenters. The monoisotopic (exact) mass is 372 g/mol. The maximum atomic E-state index is 12.1. The number of para-hydroxylation sites is 1. The first kappa shape index (κ1) is 18.5. The third-order valence-corrected chi connectivity index (χ3v) is 5.13. The van der Waals surface area contributed by atoms with Crippen LogP contribution in [-0.4, -0.2) is 50.2 Å². The molecule has 0 aliphatic carbocycles. The van der Waals surface area contributed by atoms with Crippen LogP contribution < -0.4 is 15.5 Å². The van der Waals surface area contributed by atoms with Crippen molar-refractivity contribution in [3.05, 3.63) is 59.1 Å². The molecule has 0 aromatic heterocycles. The summed E-state index contributed by atoms with van der Waals surface area (Å²) in [4.78, 5) is 16.8. The molecule has 1 fully saturated rings. The Hall–Kier alpha value is -2.24. The number of carbonyl (C=O) groups excluding carboxylic acids is 1. The van der Waals surface area contributed by atoms with Crippen molar-refractivity contribution in [2.75, 3.05) is 49.5 Å².